The number of phenolic OH excluding ortho intramolecular Hbond substituents is 1. The number of hydrogen-bond donors (Lipinski definition) is 3. The zero-order valence-corrected chi connectivity index (χ0v) is 18.2. The van der Waals surface area contributed by atoms with Crippen molar-refractivity contribution in [2.45, 2.75) is 51.0 Å². The topological polar surface area (TPSA) is 130 Å². The van der Waals surface area contributed by atoms with E-state index < -0.39 is 5.97 Å². The minimum atomic E-state index is -0.711. The number of carboxylic acids is 1. The van der Waals surface area contributed by atoms with Crippen LogP contribution in [0.25, 0.3) is 22.3 Å². The van der Waals surface area contributed by atoms with Gasteiger partial charge in [0.15, 0.2) is 11.3 Å². The number of carboxylic acid groups (broad SMARTS) is 1. The summed E-state index contributed by atoms with van der Waals surface area (Å²) in [7, 11) is 0. The van der Waals surface area contributed by atoms with Gasteiger partial charge in [-0.1, -0.05) is 25.0 Å². The van der Waals surface area contributed by atoms with Gasteiger partial charge in [-0.05, 0) is 50.4 Å². The smallest absolute Gasteiger partial charge is 0.303 e. The van der Waals surface area contributed by atoms with Crippen LogP contribution in [0.1, 0.15) is 51.0 Å². The first-order chi connectivity index (χ1) is 15.5. The lowest BCUT2D eigenvalue weighted by molar-refractivity contribution is -0.137. The van der Waals surface area contributed by atoms with Crippen molar-refractivity contribution in [1.82, 2.24) is 24.9 Å². The first-order valence-corrected chi connectivity index (χ1v) is 11.3. The van der Waals surface area contributed by atoms with Gasteiger partial charge in [-0.25, -0.2) is 0 Å². The molecule has 4 rings (SSSR count). The van der Waals surface area contributed by atoms with Crippen molar-refractivity contribution in [1.29, 1.82) is 0 Å². The molecule has 1 aliphatic heterocycles. The zero-order valence-electron chi connectivity index (χ0n) is 18.2. The SMILES string of the molecule is Nc1nn(C2CCN(CCCCCCC(=O)O)CC2)c2cc(-c3ccccc3O)nnc12. The summed E-state index contributed by atoms with van der Waals surface area (Å²) in [5.41, 5.74) is 8.78. The molecule has 9 nitrogen and oxygen atoms in total. The van der Waals surface area contributed by atoms with E-state index in [1.54, 1.807) is 12.1 Å². The standard InChI is InChI=1S/C23H30N6O3/c24-23-22-19(15-18(25-26-22)17-7-4-5-8-20(17)30)29(27-23)16-10-13-28(14-11-16)12-6-2-1-3-9-21(31)32/h4-5,7-8,15-16,30H,1-3,6,9-14H2,(H2,24,27)(H,31,32). The Kier molecular flexibility index (Phi) is 6.84. The van der Waals surface area contributed by atoms with Crippen molar-refractivity contribution in [2.24, 2.45) is 0 Å². The number of benzene rings is 1. The second-order valence-corrected chi connectivity index (χ2v) is 8.44. The van der Waals surface area contributed by atoms with Crippen molar-refractivity contribution in [3.8, 4) is 17.0 Å². The number of para-hydroxylation sites is 1. The Labute approximate surface area is 186 Å². The summed E-state index contributed by atoms with van der Waals surface area (Å²) in [6, 6.07) is 9.22. The molecule has 9 heteroatoms. The summed E-state index contributed by atoms with van der Waals surface area (Å²) < 4.78 is 1.98. The number of carbonyl (C=O) groups is 1. The maximum absolute atomic E-state index is 10.6. The summed E-state index contributed by atoms with van der Waals surface area (Å²) in [4.78, 5) is 13.0. The van der Waals surface area contributed by atoms with Crippen LogP contribution in [0.5, 0.6) is 5.75 Å². The van der Waals surface area contributed by atoms with Crippen LogP contribution >= 0.6 is 0 Å². The normalized spacial score (nSPS) is 15.4. The molecule has 3 heterocycles. The number of unbranched alkanes of at least 4 members (excludes halogenated alkanes) is 3. The minimum Gasteiger partial charge on any atom is -0.507 e. The van der Waals surface area contributed by atoms with Gasteiger partial charge < -0.3 is 20.8 Å². The molecule has 0 unspecified atom stereocenters. The van der Waals surface area contributed by atoms with Gasteiger partial charge in [0, 0.05) is 25.1 Å². The van der Waals surface area contributed by atoms with E-state index in [0.29, 0.717) is 22.6 Å². The minimum absolute atomic E-state index is 0.163. The number of anilines is 1. The molecule has 0 saturated carbocycles. The number of likely N-dealkylation sites (tertiary alicyclic amines) is 1. The third kappa shape index (κ3) is 4.99. The largest absolute Gasteiger partial charge is 0.507 e. The van der Waals surface area contributed by atoms with Gasteiger partial charge in [0.05, 0.1) is 17.3 Å². The molecule has 2 aromatic heterocycles. The second kappa shape index (κ2) is 9.95. The number of aliphatic carboxylic acids is 1. The molecule has 1 aliphatic rings. The Morgan fingerprint density at radius 2 is 1.84 bits per heavy atom. The quantitative estimate of drug-likeness (QED) is 0.433. The number of aromatic nitrogens is 4. The zero-order chi connectivity index (χ0) is 22.5. The van der Waals surface area contributed by atoms with Crippen LogP contribution < -0.4 is 5.73 Å². The molecule has 0 amide bonds. The van der Waals surface area contributed by atoms with E-state index in [1.165, 1.54) is 0 Å². The highest BCUT2D eigenvalue weighted by molar-refractivity contribution is 5.87. The molecule has 0 radical (unpaired) electrons. The average Bonchev–Trinajstić information content (AvgIpc) is 3.12. The van der Waals surface area contributed by atoms with Crippen LogP contribution in [0, 0.1) is 0 Å². The first kappa shape index (κ1) is 22.0. The lowest BCUT2D eigenvalue weighted by atomic mass is 10.0. The monoisotopic (exact) mass is 438 g/mol. The summed E-state index contributed by atoms with van der Waals surface area (Å²) in [6.45, 7) is 3.03. The van der Waals surface area contributed by atoms with E-state index in [9.17, 15) is 9.90 Å². The number of hydrogen-bond acceptors (Lipinski definition) is 7. The van der Waals surface area contributed by atoms with Gasteiger partial charge in [0.2, 0.25) is 0 Å². The van der Waals surface area contributed by atoms with Gasteiger partial charge in [-0.15, -0.1) is 10.2 Å². The lowest BCUT2D eigenvalue weighted by Crippen LogP contribution is -2.35. The third-order valence-corrected chi connectivity index (χ3v) is 6.18. The molecule has 1 fully saturated rings. The van der Waals surface area contributed by atoms with Crippen molar-refractivity contribution < 1.29 is 15.0 Å². The number of phenols is 1. The Morgan fingerprint density at radius 1 is 1.09 bits per heavy atom. The van der Waals surface area contributed by atoms with Crippen molar-refractivity contribution in [3.05, 3.63) is 30.3 Å². The Hall–Kier alpha value is -3.20. The predicted molar refractivity (Wildman–Crippen MR) is 122 cm³/mol. The Balaban J connectivity index is 1.39. The third-order valence-electron chi connectivity index (χ3n) is 6.18. The molecule has 32 heavy (non-hydrogen) atoms. The Morgan fingerprint density at radius 3 is 2.59 bits per heavy atom. The van der Waals surface area contributed by atoms with Crippen LogP contribution in [-0.2, 0) is 4.79 Å². The number of fused-ring (bicyclic) bond motifs is 1. The number of aromatic hydroxyl groups is 1. The summed E-state index contributed by atoms with van der Waals surface area (Å²) in [6.07, 6.45) is 6.12. The highest BCUT2D eigenvalue weighted by Crippen LogP contribution is 2.32. The Bertz CT molecular complexity index is 1070. The molecular formula is C23H30N6O3. The van der Waals surface area contributed by atoms with E-state index in [-0.39, 0.29) is 18.2 Å². The number of rotatable bonds is 9. The number of nitrogens with zero attached hydrogens (tertiary/aromatic N) is 5. The van der Waals surface area contributed by atoms with E-state index in [1.807, 2.05) is 22.9 Å². The van der Waals surface area contributed by atoms with E-state index in [2.05, 4.69) is 20.2 Å². The lowest BCUT2D eigenvalue weighted by Gasteiger charge is -2.32. The number of nitrogens with two attached hydrogens (primary N) is 1. The van der Waals surface area contributed by atoms with Gasteiger partial charge >= 0.3 is 5.97 Å². The highest BCUT2D eigenvalue weighted by atomic mass is 16.4. The van der Waals surface area contributed by atoms with Crippen molar-refractivity contribution >= 4 is 22.8 Å². The molecule has 170 valence electrons. The van der Waals surface area contributed by atoms with Gasteiger partial charge in [0.1, 0.15) is 5.75 Å². The van der Waals surface area contributed by atoms with Gasteiger partial charge in [0.25, 0.3) is 0 Å². The fraction of sp³-hybridized carbons (Fsp3) is 0.478. The molecule has 4 N–H and O–H groups in total. The molecule has 0 aliphatic carbocycles. The summed E-state index contributed by atoms with van der Waals surface area (Å²) in [5, 5.41) is 32.0. The van der Waals surface area contributed by atoms with Crippen LogP contribution in [-0.4, -0.2) is 60.7 Å². The van der Waals surface area contributed by atoms with E-state index in [4.69, 9.17) is 10.8 Å². The molecule has 3 aromatic rings. The summed E-state index contributed by atoms with van der Waals surface area (Å²) >= 11 is 0. The molecular weight excluding hydrogens is 408 g/mol. The number of nitrogen functional groups attached to an aromatic ring is 1. The molecule has 1 aromatic carbocycles. The molecule has 0 atom stereocenters. The number of piperidine rings is 1. The maximum Gasteiger partial charge on any atom is 0.303 e. The van der Waals surface area contributed by atoms with Crippen molar-refractivity contribution in [2.75, 3.05) is 25.4 Å². The fourth-order valence-corrected chi connectivity index (χ4v) is 4.41. The van der Waals surface area contributed by atoms with Crippen LogP contribution in [0.4, 0.5) is 5.82 Å². The van der Waals surface area contributed by atoms with Gasteiger partial charge in [-0.3, -0.25) is 9.48 Å². The van der Waals surface area contributed by atoms with E-state index in [0.717, 1.165) is 63.7 Å². The second-order valence-electron chi connectivity index (χ2n) is 8.44. The van der Waals surface area contributed by atoms with E-state index >= 15 is 0 Å². The average molecular weight is 439 g/mol. The van der Waals surface area contributed by atoms with Crippen molar-refractivity contribution in [3.63, 3.8) is 0 Å². The summed E-state index contributed by atoms with van der Waals surface area (Å²) in [5.74, 6) is -0.172. The molecule has 0 bridgehead atoms. The maximum atomic E-state index is 10.6. The van der Waals surface area contributed by atoms with Crippen LogP contribution in [0.2, 0.25) is 0 Å². The highest BCUT2D eigenvalue weighted by Gasteiger charge is 2.24. The predicted octanol–water partition coefficient (Wildman–Crippen LogP) is 3.45. The first-order valence-electron chi connectivity index (χ1n) is 11.3. The van der Waals surface area contributed by atoms with Crippen LogP contribution in [0.3, 0.4) is 0 Å². The molecule has 0 spiro atoms. The molecule has 1 saturated heterocycles. The van der Waals surface area contributed by atoms with Crippen LogP contribution in [0.15, 0.2) is 30.3 Å². The fourth-order valence-electron chi connectivity index (χ4n) is 4.41. The van der Waals surface area contributed by atoms with Gasteiger partial charge in [-0.2, -0.15) is 5.10 Å².